The maximum atomic E-state index is 10.5. The minimum atomic E-state index is 0.608. The lowest BCUT2D eigenvalue weighted by Gasteiger charge is -2.30. The summed E-state index contributed by atoms with van der Waals surface area (Å²) in [4.78, 5) is 25.9. The van der Waals surface area contributed by atoms with Crippen molar-refractivity contribution in [3.8, 4) is 0 Å². The molecule has 1 aliphatic heterocycles. The quantitative estimate of drug-likeness (QED) is 0.522. The second-order valence-corrected chi connectivity index (χ2v) is 5.28. The van der Waals surface area contributed by atoms with Crippen LogP contribution in [0.3, 0.4) is 0 Å². The van der Waals surface area contributed by atoms with E-state index in [4.69, 9.17) is 0 Å². The summed E-state index contributed by atoms with van der Waals surface area (Å²) in [6.07, 6.45) is 3.44. The number of hydrogen-bond donors (Lipinski definition) is 1. The first-order valence-electron chi connectivity index (χ1n) is 7.00. The second-order valence-electron chi connectivity index (χ2n) is 5.28. The number of amides is 1. The molecule has 2 heterocycles. The second kappa shape index (κ2) is 6.47. The molecule has 2 rings (SSSR count). The van der Waals surface area contributed by atoms with E-state index >= 15 is 0 Å². The highest BCUT2D eigenvalue weighted by Gasteiger charge is 2.19. The Hall–Kier alpha value is -2.24. The molecule has 0 aliphatic carbocycles. The minimum absolute atomic E-state index is 0.608. The van der Waals surface area contributed by atoms with Gasteiger partial charge in [0.15, 0.2) is 0 Å². The van der Waals surface area contributed by atoms with Crippen molar-refractivity contribution in [3.05, 3.63) is 28.9 Å². The summed E-state index contributed by atoms with van der Waals surface area (Å²) in [5, 5.41) is 2.58. The highest BCUT2D eigenvalue weighted by Crippen LogP contribution is 2.25. The lowest BCUT2D eigenvalue weighted by Crippen LogP contribution is -2.33. The van der Waals surface area contributed by atoms with Gasteiger partial charge in [0.25, 0.3) is 0 Å². The van der Waals surface area contributed by atoms with Crippen LogP contribution in [0, 0.1) is 13.8 Å². The highest BCUT2D eigenvalue weighted by atomic mass is 16.1. The van der Waals surface area contributed by atoms with Crippen molar-refractivity contribution in [1.29, 1.82) is 0 Å². The van der Waals surface area contributed by atoms with Crippen molar-refractivity contribution in [3.63, 3.8) is 0 Å². The molecular formula is C15H21N5O. The Morgan fingerprint density at radius 1 is 1.43 bits per heavy atom. The predicted octanol–water partition coefficient (Wildman–Crippen LogP) is 1.74. The van der Waals surface area contributed by atoms with Crippen LogP contribution in [0.15, 0.2) is 22.5 Å². The van der Waals surface area contributed by atoms with E-state index in [0.717, 1.165) is 35.9 Å². The van der Waals surface area contributed by atoms with Gasteiger partial charge in [-0.15, -0.1) is 0 Å². The van der Waals surface area contributed by atoms with E-state index in [1.165, 1.54) is 5.57 Å². The van der Waals surface area contributed by atoms with Gasteiger partial charge in [-0.25, -0.2) is 15.0 Å². The smallest absolute Gasteiger partial charge is 0.212 e. The molecule has 0 bridgehead atoms. The summed E-state index contributed by atoms with van der Waals surface area (Å²) < 4.78 is 0. The highest BCUT2D eigenvalue weighted by molar-refractivity contribution is 5.89. The summed E-state index contributed by atoms with van der Waals surface area (Å²) in [5.41, 5.74) is 3.30. The molecule has 0 atom stereocenters. The van der Waals surface area contributed by atoms with Crippen LogP contribution in [-0.4, -0.2) is 35.3 Å². The van der Waals surface area contributed by atoms with Crippen molar-refractivity contribution in [1.82, 2.24) is 15.3 Å². The van der Waals surface area contributed by atoms with Crippen LogP contribution in [0.5, 0.6) is 0 Å². The predicted molar refractivity (Wildman–Crippen MR) is 83.3 cm³/mol. The maximum Gasteiger partial charge on any atom is 0.212 e. The SMILES string of the molecule is CC(=NC1=C(C)CCN(c2nc(C)ncc2C)C1)NC=O. The van der Waals surface area contributed by atoms with Crippen LogP contribution >= 0.6 is 0 Å². The van der Waals surface area contributed by atoms with Crippen LogP contribution in [0.4, 0.5) is 5.82 Å². The first kappa shape index (κ1) is 15.2. The molecule has 6 nitrogen and oxygen atoms in total. The largest absolute Gasteiger partial charge is 0.350 e. The van der Waals surface area contributed by atoms with Crippen molar-refractivity contribution < 1.29 is 4.79 Å². The Kier molecular flexibility index (Phi) is 4.67. The molecule has 1 aromatic rings. The van der Waals surface area contributed by atoms with Crippen molar-refractivity contribution in [2.45, 2.75) is 34.1 Å². The molecule has 0 spiro atoms. The monoisotopic (exact) mass is 287 g/mol. The standard InChI is InChI=1S/C15H21N5O/c1-10-5-6-20(8-14(10)18-13(4)17-9-21)15-11(2)7-16-12(3)19-15/h7,9H,5-6,8H2,1-4H3,(H,17,18,21). The molecule has 21 heavy (non-hydrogen) atoms. The van der Waals surface area contributed by atoms with Gasteiger partial charge in [0.2, 0.25) is 6.41 Å². The van der Waals surface area contributed by atoms with Gasteiger partial charge in [0, 0.05) is 18.3 Å². The molecule has 0 fully saturated rings. The molecule has 0 saturated carbocycles. The zero-order valence-corrected chi connectivity index (χ0v) is 13.0. The Morgan fingerprint density at radius 2 is 2.19 bits per heavy atom. The Labute approximate surface area is 125 Å². The van der Waals surface area contributed by atoms with E-state index in [9.17, 15) is 4.79 Å². The van der Waals surface area contributed by atoms with E-state index in [1.54, 1.807) is 6.92 Å². The zero-order chi connectivity index (χ0) is 15.4. The molecule has 1 amide bonds. The summed E-state index contributed by atoms with van der Waals surface area (Å²) >= 11 is 0. The van der Waals surface area contributed by atoms with Gasteiger partial charge in [0.05, 0.1) is 12.2 Å². The first-order valence-corrected chi connectivity index (χ1v) is 7.00. The van der Waals surface area contributed by atoms with Crippen molar-refractivity contribution >= 4 is 18.1 Å². The van der Waals surface area contributed by atoms with Gasteiger partial charge in [-0.1, -0.05) is 0 Å². The van der Waals surface area contributed by atoms with Crippen LogP contribution in [0.25, 0.3) is 0 Å². The van der Waals surface area contributed by atoms with E-state index in [0.29, 0.717) is 18.8 Å². The average Bonchev–Trinajstić information content (AvgIpc) is 2.44. The van der Waals surface area contributed by atoms with Crippen LogP contribution in [-0.2, 0) is 4.79 Å². The van der Waals surface area contributed by atoms with E-state index in [1.807, 2.05) is 20.0 Å². The molecule has 0 saturated heterocycles. The number of carbonyl (C=O) groups excluding carboxylic acids is 1. The number of nitrogens with zero attached hydrogens (tertiary/aromatic N) is 4. The molecule has 112 valence electrons. The van der Waals surface area contributed by atoms with Gasteiger partial charge >= 0.3 is 0 Å². The zero-order valence-electron chi connectivity index (χ0n) is 13.0. The maximum absolute atomic E-state index is 10.5. The summed E-state index contributed by atoms with van der Waals surface area (Å²) in [6.45, 7) is 9.40. The molecule has 0 aromatic carbocycles. The number of rotatable bonds is 3. The first-order chi connectivity index (χ1) is 10.0. The molecular weight excluding hydrogens is 266 g/mol. The van der Waals surface area contributed by atoms with Gasteiger partial charge in [-0.2, -0.15) is 0 Å². The Bertz CT molecular complexity index is 606. The fraction of sp³-hybridized carbons (Fsp3) is 0.467. The van der Waals surface area contributed by atoms with Gasteiger partial charge in [-0.3, -0.25) is 4.79 Å². The lowest BCUT2D eigenvalue weighted by molar-refractivity contribution is -0.108. The summed E-state index contributed by atoms with van der Waals surface area (Å²) in [7, 11) is 0. The van der Waals surface area contributed by atoms with Crippen LogP contribution in [0.1, 0.15) is 31.7 Å². The Balaban J connectivity index is 2.25. The molecule has 1 aliphatic rings. The van der Waals surface area contributed by atoms with E-state index < -0.39 is 0 Å². The van der Waals surface area contributed by atoms with Gasteiger partial charge in [-0.05, 0) is 39.7 Å². The van der Waals surface area contributed by atoms with Gasteiger partial charge in [0.1, 0.15) is 17.5 Å². The van der Waals surface area contributed by atoms with Crippen molar-refractivity contribution in [2.75, 3.05) is 18.0 Å². The molecule has 1 N–H and O–H groups in total. The fourth-order valence-corrected chi connectivity index (χ4v) is 2.31. The number of aryl methyl sites for hydroxylation is 2. The molecule has 0 unspecified atom stereocenters. The summed E-state index contributed by atoms with van der Waals surface area (Å²) in [6, 6.07) is 0. The van der Waals surface area contributed by atoms with E-state index in [-0.39, 0.29) is 0 Å². The average molecular weight is 287 g/mol. The summed E-state index contributed by atoms with van der Waals surface area (Å²) in [5.74, 6) is 2.34. The van der Waals surface area contributed by atoms with Crippen LogP contribution in [0.2, 0.25) is 0 Å². The Morgan fingerprint density at radius 3 is 2.90 bits per heavy atom. The number of aliphatic imine (C=N–C) groups is 1. The number of nitrogens with one attached hydrogen (secondary N) is 1. The fourth-order valence-electron chi connectivity index (χ4n) is 2.31. The number of carbonyl (C=O) groups is 1. The molecule has 6 heteroatoms. The number of amidine groups is 1. The lowest BCUT2D eigenvalue weighted by atomic mass is 10.1. The van der Waals surface area contributed by atoms with Crippen LogP contribution < -0.4 is 10.2 Å². The topological polar surface area (TPSA) is 70.5 Å². The minimum Gasteiger partial charge on any atom is -0.350 e. The number of anilines is 1. The van der Waals surface area contributed by atoms with Crippen molar-refractivity contribution in [2.24, 2.45) is 4.99 Å². The third-order valence-electron chi connectivity index (χ3n) is 3.53. The normalized spacial score (nSPS) is 16.2. The number of hydrogen-bond acceptors (Lipinski definition) is 5. The van der Waals surface area contributed by atoms with E-state index in [2.05, 4.69) is 32.1 Å². The third-order valence-corrected chi connectivity index (χ3v) is 3.53. The number of aromatic nitrogens is 2. The van der Waals surface area contributed by atoms with Gasteiger partial charge < -0.3 is 10.2 Å². The third kappa shape index (κ3) is 3.65. The molecule has 0 radical (unpaired) electrons. The molecule has 1 aromatic heterocycles.